The molecule has 1 aliphatic rings. The quantitative estimate of drug-likeness (QED) is 0.808. The summed E-state index contributed by atoms with van der Waals surface area (Å²) >= 11 is 0. The van der Waals surface area contributed by atoms with Gasteiger partial charge < -0.3 is 14.6 Å². The number of hydrogen-bond acceptors (Lipinski definition) is 5. The number of carbonyl (C=O) groups excluding carboxylic acids is 1. The average molecular weight is 290 g/mol. The molecule has 1 aromatic carbocycles. The summed E-state index contributed by atoms with van der Waals surface area (Å²) in [6, 6.07) is 2.95. The minimum absolute atomic E-state index is 0.0230. The lowest BCUT2D eigenvalue weighted by molar-refractivity contribution is -0.108. The van der Waals surface area contributed by atoms with Crippen molar-refractivity contribution in [1.82, 2.24) is 4.68 Å². The molecule has 1 aromatic heterocycles. The normalized spacial score (nSPS) is 12.4. The number of carbonyl (C=O) groups is 2. The number of ether oxygens (including phenoxy) is 2. The average Bonchev–Trinajstić information content (AvgIpc) is 2.92. The van der Waals surface area contributed by atoms with Crippen LogP contribution in [0.5, 0.6) is 11.5 Å². The SMILES string of the molecule is CN(C=O)n1cc(C(=O)O)c(=O)c2cc3c(cc21)OCO3. The highest BCUT2D eigenvalue weighted by Crippen LogP contribution is 2.35. The van der Waals surface area contributed by atoms with Crippen LogP contribution in [-0.2, 0) is 4.79 Å². The van der Waals surface area contributed by atoms with Crippen LogP contribution in [0.25, 0.3) is 10.9 Å². The van der Waals surface area contributed by atoms with E-state index in [4.69, 9.17) is 14.6 Å². The van der Waals surface area contributed by atoms with E-state index in [0.29, 0.717) is 23.4 Å². The summed E-state index contributed by atoms with van der Waals surface area (Å²) in [7, 11) is 1.44. The van der Waals surface area contributed by atoms with E-state index < -0.39 is 17.0 Å². The van der Waals surface area contributed by atoms with E-state index in [1.165, 1.54) is 23.9 Å². The Balaban J connectivity index is 2.43. The molecule has 0 atom stereocenters. The topological polar surface area (TPSA) is 98.1 Å². The zero-order valence-corrected chi connectivity index (χ0v) is 10.9. The maximum absolute atomic E-state index is 12.2. The summed E-state index contributed by atoms with van der Waals surface area (Å²) < 4.78 is 11.7. The van der Waals surface area contributed by atoms with Crippen molar-refractivity contribution in [3.63, 3.8) is 0 Å². The number of aromatic nitrogens is 1. The Bertz CT molecular complexity index is 826. The van der Waals surface area contributed by atoms with Crippen LogP contribution in [0.15, 0.2) is 23.1 Å². The van der Waals surface area contributed by atoms with Crippen molar-refractivity contribution in [3.05, 3.63) is 34.1 Å². The molecule has 8 heteroatoms. The number of carboxylic acids is 1. The fourth-order valence-corrected chi connectivity index (χ4v) is 2.16. The van der Waals surface area contributed by atoms with Crippen LogP contribution in [0.3, 0.4) is 0 Å². The van der Waals surface area contributed by atoms with E-state index in [2.05, 4.69) is 0 Å². The van der Waals surface area contributed by atoms with E-state index >= 15 is 0 Å². The monoisotopic (exact) mass is 290 g/mol. The third kappa shape index (κ3) is 1.88. The first-order valence-corrected chi connectivity index (χ1v) is 5.93. The highest BCUT2D eigenvalue weighted by molar-refractivity contribution is 5.94. The van der Waals surface area contributed by atoms with Gasteiger partial charge in [-0.1, -0.05) is 0 Å². The second kappa shape index (κ2) is 4.51. The number of nitrogens with zero attached hydrogens (tertiary/aromatic N) is 2. The first-order valence-electron chi connectivity index (χ1n) is 5.93. The van der Waals surface area contributed by atoms with E-state index in [1.807, 2.05) is 0 Å². The van der Waals surface area contributed by atoms with Gasteiger partial charge in [0.05, 0.1) is 10.9 Å². The number of carboxylic acid groups (broad SMARTS) is 1. The largest absolute Gasteiger partial charge is 0.477 e. The first kappa shape index (κ1) is 13.0. The molecule has 0 saturated heterocycles. The maximum atomic E-state index is 12.2. The molecular formula is C13H10N2O6. The minimum Gasteiger partial charge on any atom is -0.477 e. The second-order valence-corrected chi connectivity index (χ2v) is 4.42. The fourth-order valence-electron chi connectivity index (χ4n) is 2.16. The highest BCUT2D eigenvalue weighted by Gasteiger charge is 2.21. The van der Waals surface area contributed by atoms with Crippen molar-refractivity contribution < 1.29 is 24.2 Å². The van der Waals surface area contributed by atoms with Gasteiger partial charge in [0.25, 0.3) is 0 Å². The molecule has 2 aromatic rings. The molecule has 2 heterocycles. The molecule has 108 valence electrons. The molecule has 0 unspecified atom stereocenters. The van der Waals surface area contributed by atoms with E-state index in [1.54, 1.807) is 0 Å². The van der Waals surface area contributed by atoms with Gasteiger partial charge in [-0.15, -0.1) is 0 Å². The predicted molar refractivity (Wildman–Crippen MR) is 71.5 cm³/mol. The number of benzene rings is 1. The summed E-state index contributed by atoms with van der Waals surface area (Å²) in [5.41, 5.74) is -0.731. The Kier molecular flexibility index (Phi) is 2.79. The molecule has 0 bridgehead atoms. The molecule has 0 spiro atoms. The zero-order chi connectivity index (χ0) is 15.1. The lowest BCUT2D eigenvalue weighted by Crippen LogP contribution is -2.31. The molecule has 1 amide bonds. The van der Waals surface area contributed by atoms with Gasteiger partial charge in [0.1, 0.15) is 5.56 Å². The van der Waals surface area contributed by atoms with Crippen LogP contribution in [0.1, 0.15) is 10.4 Å². The summed E-state index contributed by atoms with van der Waals surface area (Å²) in [6.45, 7) is 0.0230. The lowest BCUT2D eigenvalue weighted by atomic mass is 10.1. The summed E-state index contributed by atoms with van der Waals surface area (Å²) in [5.74, 6) is -0.576. The fraction of sp³-hybridized carbons (Fsp3) is 0.154. The van der Waals surface area contributed by atoms with E-state index in [9.17, 15) is 14.4 Å². The van der Waals surface area contributed by atoms with Crippen molar-refractivity contribution in [2.75, 3.05) is 18.8 Å². The number of amides is 1. The third-order valence-electron chi connectivity index (χ3n) is 3.20. The van der Waals surface area contributed by atoms with Crippen molar-refractivity contribution in [1.29, 1.82) is 0 Å². The molecule has 0 saturated carbocycles. The zero-order valence-electron chi connectivity index (χ0n) is 10.9. The molecule has 0 radical (unpaired) electrons. The molecule has 21 heavy (non-hydrogen) atoms. The lowest BCUT2D eigenvalue weighted by Gasteiger charge is -2.18. The van der Waals surface area contributed by atoms with Gasteiger partial charge in [0, 0.05) is 19.3 Å². The van der Waals surface area contributed by atoms with Crippen LogP contribution in [-0.4, -0.2) is 36.0 Å². The Morgan fingerprint density at radius 2 is 2.05 bits per heavy atom. The van der Waals surface area contributed by atoms with Gasteiger partial charge in [-0.05, 0) is 6.07 Å². The van der Waals surface area contributed by atoms with Crippen molar-refractivity contribution >= 4 is 23.3 Å². The van der Waals surface area contributed by atoms with E-state index in [0.717, 1.165) is 11.2 Å². The Hall–Kier alpha value is -3.03. The number of hydrogen-bond donors (Lipinski definition) is 1. The van der Waals surface area contributed by atoms with Gasteiger partial charge in [-0.3, -0.25) is 19.3 Å². The molecular weight excluding hydrogens is 280 g/mol. The highest BCUT2D eigenvalue weighted by atomic mass is 16.7. The van der Waals surface area contributed by atoms with Gasteiger partial charge >= 0.3 is 5.97 Å². The van der Waals surface area contributed by atoms with Crippen molar-refractivity contribution in [2.24, 2.45) is 0 Å². The van der Waals surface area contributed by atoms with Crippen molar-refractivity contribution in [3.8, 4) is 11.5 Å². The number of rotatable bonds is 3. The predicted octanol–water partition coefficient (Wildman–Crippen LogP) is 0.153. The second-order valence-electron chi connectivity index (χ2n) is 4.42. The summed E-state index contributed by atoms with van der Waals surface area (Å²) in [5, 5.41) is 10.4. The standard InChI is InChI=1S/C13H10N2O6/c1-14(5-16)15-4-8(13(18)19)12(17)7-2-10-11(3-9(7)15)21-6-20-10/h2-5H,6H2,1H3,(H,18,19). The maximum Gasteiger partial charge on any atom is 0.341 e. The number of aromatic carboxylic acids is 1. The van der Waals surface area contributed by atoms with E-state index in [-0.39, 0.29) is 12.2 Å². The van der Waals surface area contributed by atoms with Crippen LogP contribution < -0.4 is 19.9 Å². The molecule has 0 fully saturated rings. The third-order valence-corrected chi connectivity index (χ3v) is 3.20. The van der Waals surface area contributed by atoms with Crippen LogP contribution in [0.2, 0.25) is 0 Å². The summed E-state index contributed by atoms with van der Waals surface area (Å²) in [6.07, 6.45) is 1.60. The van der Waals surface area contributed by atoms with Gasteiger partial charge in [-0.25, -0.2) is 4.79 Å². The Morgan fingerprint density at radius 1 is 1.38 bits per heavy atom. The van der Waals surface area contributed by atoms with Crippen molar-refractivity contribution in [2.45, 2.75) is 0 Å². The summed E-state index contributed by atoms with van der Waals surface area (Å²) in [4.78, 5) is 34.4. The Morgan fingerprint density at radius 3 is 2.67 bits per heavy atom. The number of fused-ring (bicyclic) bond motifs is 2. The van der Waals surface area contributed by atoms with Gasteiger partial charge in [-0.2, -0.15) is 0 Å². The molecule has 3 rings (SSSR count). The first-order chi connectivity index (χ1) is 10.0. The smallest absolute Gasteiger partial charge is 0.341 e. The van der Waals surface area contributed by atoms with Crippen LogP contribution in [0.4, 0.5) is 0 Å². The van der Waals surface area contributed by atoms with Crippen LogP contribution >= 0.6 is 0 Å². The molecule has 1 aliphatic heterocycles. The Labute approximate surface area is 117 Å². The minimum atomic E-state index is -1.37. The molecule has 0 aliphatic carbocycles. The van der Waals surface area contributed by atoms with Gasteiger partial charge in [0.15, 0.2) is 11.5 Å². The molecule has 8 nitrogen and oxygen atoms in total. The van der Waals surface area contributed by atoms with Crippen LogP contribution in [0, 0.1) is 0 Å². The molecule has 1 N–H and O–H groups in total. The van der Waals surface area contributed by atoms with Gasteiger partial charge in [0.2, 0.25) is 18.6 Å². The number of pyridine rings is 1.